The van der Waals surface area contributed by atoms with E-state index in [0.29, 0.717) is 6.54 Å². The molecule has 1 aliphatic heterocycles. The first-order valence-corrected chi connectivity index (χ1v) is 6.67. The van der Waals surface area contributed by atoms with E-state index in [-0.39, 0.29) is 0 Å². The summed E-state index contributed by atoms with van der Waals surface area (Å²) in [7, 11) is 0. The quantitative estimate of drug-likeness (QED) is 0.831. The molecule has 1 aliphatic rings. The number of hydrogen-bond acceptors (Lipinski definition) is 3. The van der Waals surface area contributed by atoms with Crippen LogP contribution in [-0.4, -0.2) is 24.6 Å². The molecule has 1 aromatic carbocycles. The topological polar surface area (TPSA) is 29.3 Å². The van der Waals surface area contributed by atoms with Gasteiger partial charge in [-0.15, -0.1) is 0 Å². The fourth-order valence-corrected chi connectivity index (χ4v) is 2.73. The van der Waals surface area contributed by atoms with Crippen LogP contribution in [0.1, 0.15) is 12.0 Å². The molecule has 2 nitrogen and oxygen atoms in total. The molecule has 1 fully saturated rings. The standard InChI is InChI=1S/C12H18N2S/c13-10-11-2-4-12(5-3-11)14-6-1-8-15-9-7-14/h2-5H,1,6-10,13H2. The Balaban J connectivity index is 2.06. The average molecular weight is 222 g/mol. The summed E-state index contributed by atoms with van der Waals surface area (Å²) in [6.07, 6.45) is 1.29. The molecule has 2 rings (SSSR count). The maximum Gasteiger partial charge on any atom is 0.0366 e. The van der Waals surface area contributed by atoms with Crippen molar-refractivity contribution in [3.05, 3.63) is 29.8 Å². The van der Waals surface area contributed by atoms with Gasteiger partial charge in [0.2, 0.25) is 0 Å². The van der Waals surface area contributed by atoms with Crippen molar-refractivity contribution < 1.29 is 0 Å². The van der Waals surface area contributed by atoms with E-state index >= 15 is 0 Å². The smallest absolute Gasteiger partial charge is 0.0366 e. The number of hydrogen-bond donors (Lipinski definition) is 1. The first-order valence-electron chi connectivity index (χ1n) is 5.52. The molecule has 0 saturated carbocycles. The molecule has 0 radical (unpaired) electrons. The summed E-state index contributed by atoms with van der Waals surface area (Å²) in [6, 6.07) is 8.65. The van der Waals surface area contributed by atoms with Gasteiger partial charge in [-0.1, -0.05) is 12.1 Å². The van der Waals surface area contributed by atoms with Crippen molar-refractivity contribution in [2.24, 2.45) is 5.73 Å². The van der Waals surface area contributed by atoms with Gasteiger partial charge in [0.1, 0.15) is 0 Å². The van der Waals surface area contributed by atoms with Crippen molar-refractivity contribution >= 4 is 17.4 Å². The van der Waals surface area contributed by atoms with E-state index in [4.69, 9.17) is 5.73 Å². The molecule has 3 heteroatoms. The van der Waals surface area contributed by atoms with E-state index in [9.17, 15) is 0 Å². The fraction of sp³-hybridized carbons (Fsp3) is 0.500. The van der Waals surface area contributed by atoms with Crippen molar-refractivity contribution in [2.45, 2.75) is 13.0 Å². The highest BCUT2D eigenvalue weighted by atomic mass is 32.2. The number of nitrogens with zero attached hydrogens (tertiary/aromatic N) is 1. The summed E-state index contributed by atoms with van der Waals surface area (Å²) in [5.74, 6) is 2.55. The molecular formula is C12H18N2S. The van der Waals surface area contributed by atoms with Crippen LogP contribution in [0.15, 0.2) is 24.3 Å². The van der Waals surface area contributed by atoms with Crippen LogP contribution >= 0.6 is 11.8 Å². The van der Waals surface area contributed by atoms with Crippen LogP contribution in [0.4, 0.5) is 5.69 Å². The normalized spacial score (nSPS) is 17.5. The second kappa shape index (κ2) is 5.42. The largest absolute Gasteiger partial charge is 0.371 e. The summed E-state index contributed by atoms with van der Waals surface area (Å²) >= 11 is 2.06. The van der Waals surface area contributed by atoms with Gasteiger partial charge in [0.15, 0.2) is 0 Å². The maximum absolute atomic E-state index is 5.59. The third-order valence-corrected chi connectivity index (χ3v) is 3.81. The lowest BCUT2D eigenvalue weighted by Gasteiger charge is -2.22. The van der Waals surface area contributed by atoms with Gasteiger partial charge in [-0.3, -0.25) is 0 Å². The van der Waals surface area contributed by atoms with Gasteiger partial charge >= 0.3 is 0 Å². The van der Waals surface area contributed by atoms with Gasteiger partial charge in [0, 0.05) is 31.1 Å². The van der Waals surface area contributed by atoms with E-state index in [1.165, 1.54) is 42.3 Å². The minimum atomic E-state index is 0.635. The van der Waals surface area contributed by atoms with Gasteiger partial charge in [0.25, 0.3) is 0 Å². The van der Waals surface area contributed by atoms with Crippen molar-refractivity contribution in [3.63, 3.8) is 0 Å². The molecule has 0 atom stereocenters. The number of nitrogens with two attached hydrogens (primary N) is 1. The first-order chi connectivity index (χ1) is 7.40. The molecule has 1 aromatic rings. The van der Waals surface area contributed by atoms with Crippen molar-refractivity contribution in [3.8, 4) is 0 Å². The summed E-state index contributed by atoms with van der Waals surface area (Å²) in [5.41, 5.74) is 8.14. The number of benzene rings is 1. The zero-order chi connectivity index (χ0) is 10.5. The molecule has 0 aliphatic carbocycles. The number of anilines is 1. The van der Waals surface area contributed by atoms with Crippen LogP contribution in [0.5, 0.6) is 0 Å². The van der Waals surface area contributed by atoms with Crippen LogP contribution in [0.2, 0.25) is 0 Å². The van der Waals surface area contributed by atoms with Crippen LogP contribution in [0.25, 0.3) is 0 Å². The van der Waals surface area contributed by atoms with Gasteiger partial charge in [-0.2, -0.15) is 11.8 Å². The predicted octanol–water partition coefficient (Wildman–Crippen LogP) is 2.09. The van der Waals surface area contributed by atoms with E-state index in [0.717, 1.165) is 0 Å². The number of thioether (sulfide) groups is 1. The molecule has 0 aromatic heterocycles. The highest BCUT2D eigenvalue weighted by Gasteiger charge is 2.09. The minimum Gasteiger partial charge on any atom is -0.371 e. The van der Waals surface area contributed by atoms with Gasteiger partial charge in [-0.05, 0) is 29.9 Å². The molecule has 0 bridgehead atoms. The van der Waals surface area contributed by atoms with E-state index in [2.05, 4.69) is 40.9 Å². The Bertz CT molecular complexity index is 289. The lowest BCUT2D eigenvalue weighted by molar-refractivity contribution is 0.816. The van der Waals surface area contributed by atoms with Gasteiger partial charge < -0.3 is 10.6 Å². The lowest BCUT2D eigenvalue weighted by atomic mass is 10.2. The summed E-state index contributed by atoms with van der Waals surface area (Å²) < 4.78 is 0. The van der Waals surface area contributed by atoms with E-state index < -0.39 is 0 Å². The van der Waals surface area contributed by atoms with E-state index in [1.807, 2.05) is 0 Å². The highest BCUT2D eigenvalue weighted by Crippen LogP contribution is 2.19. The molecule has 1 saturated heterocycles. The molecule has 1 heterocycles. The maximum atomic E-state index is 5.59. The zero-order valence-electron chi connectivity index (χ0n) is 8.98. The van der Waals surface area contributed by atoms with Crippen molar-refractivity contribution in [1.29, 1.82) is 0 Å². The molecule has 0 amide bonds. The summed E-state index contributed by atoms with van der Waals surface area (Å²) in [6.45, 7) is 3.00. The van der Waals surface area contributed by atoms with Crippen LogP contribution in [-0.2, 0) is 6.54 Å². The monoisotopic (exact) mass is 222 g/mol. The molecule has 15 heavy (non-hydrogen) atoms. The Morgan fingerprint density at radius 1 is 1.13 bits per heavy atom. The minimum absolute atomic E-state index is 0.635. The Kier molecular flexibility index (Phi) is 3.92. The lowest BCUT2D eigenvalue weighted by Crippen LogP contribution is -2.25. The Morgan fingerprint density at radius 3 is 2.67 bits per heavy atom. The first kappa shape index (κ1) is 10.8. The second-order valence-electron chi connectivity index (χ2n) is 3.82. The summed E-state index contributed by atoms with van der Waals surface area (Å²) in [5, 5.41) is 0. The van der Waals surface area contributed by atoms with Crippen LogP contribution in [0, 0.1) is 0 Å². The molecule has 82 valence electrons. The average Bonchev–Trinajstić information content (AvgIpc) is 2.58. The second-order valence-corrected chi connectivity index (χ2v) is 5.05. The van der Waals surface area contributed by atoms with Crippen molar-refractivity contribution in [1.82, 2.24) is 0 Å². The SMILES string of the molecule is NCc1ccc(N2CCCSCC2)cc1. The zero-order valence-corrected chi connectivity index (χ0v) is 9.80. The Labute approximate surface area is 95.8 Å². The highest BCUT2D eigenvalue weighted by molar-refractivity contribution is 7.99. The van der Waals surface area contributed by atoms with E-state index in [1.54, 1.807) is 0 Å². The molecule has 0 spiro atoms. The van der Waals surface area contributed by atoms with Gasteiger partial charge in [0.05, 0.1) is 0 Å². The molecule has 0 unspecified atom stereocenters. The fourth-order valence-electron chi connectivity index (χ4n) is 1.85. The Morgan fingerprint density at radius 2 is 1.93 bits per heavy atom. The predicted molar refractivity (Wildman–Crippen MR) is 68.5 cm³/mol. The van der Waals surface area contributed by atoms with Crippen molar-refractivity contribution in [2.75, 3.05) is 29.5 Å². The van der Waals surface area contributed by atoms with Crippen LogP contribution < -0.4 is 10.6 Å². The van der Waals surface area contributed by atoms with Gasteiger partial charge in [-0.25, -0.2) is 0 Å². The Hall–Kier alpha value is -0.670. The van der Waals surface area contributed by atoms with Crippen LogP contribution in [0.3, 0.4) is 0 Å². The molecular weight excluding hydrogens is 204 g/mol. The third kappa shape index (κ3) is 2.89. The third-order valence-electron chi connectivity index (χ3n) is 2.76. The molecule has 2 N–H and O–H groups in total. The summed E-state index contributed by atoms with van der Waals surface area (Å²) in [4.78, 5) is 2.47. The number of rotatable bonds is 2.